The average molecular weight is 443 g/mol. The van der Waals surface area contributed by atoms with E-state index in [-0.39, 0.29) is 16.8 Å². The Bertz CT molecular complexity index is 1160. The number of nitrogens with zero attached hydrogens (tertiary/aromatic N) is 1. The number of aliphatic hydroxyl groups is 2. The van der Waals surface area contributed by atoms with Crippen molar-refractivity contribution in [2.24, 2.45) is 0 Å². The molecule has 2 N–H and O–H groups in total. The van der Waals surface area contributed by atoms with Gasteiger partial charge in [0.25, 0.3) is 5.91 Å². The van der Waals surface area contributed by atoms with Crippen molar-refractivity contribution in [3.8, 4) is 0 Å². The molecule has 0 fully saturated rings. The third-order valence-corrected chi connectivity index (χ3v) is 5.32. The number of hydrogen-bond donors (Lipinski definition) is 2. The summed E-state index contributed by atoms with van der Waals surface area (Å²) in [5.74, 6) is -2.10. The third-order valence-electron chi connectivity index (χ3n) is 5.32. The molecule has 4 nitrogen and oxygen atoms in total. The molecule has 0 radical (unpaired) electrons. The Balaban J connectivity index is 1.84. The molecule has 4 rings (SSSR count). The Morgan fingerprint density at radius 1 is 0.875 bits per heavy atom. The summed E-state index contributed by atoms with van der Waals surface area (Å²) in [5.41, 5.74) is -0.125. The van der Waals surface area contributed by atoms with Gasteiger partial charge in [-0.3, -0.25) is 9.69 Å². The fourth-order valence-corrected chi connectivity index (χ4v) is 3.78. The zero-order valence-corrected chi connectivity index (χ0v) is 16.4. The normalized spacial score (nSPS) is 17.7. The Morgan fingerprint density at radius 2 is 1.47 bits per heavy atom. The van der Waals surface area contributed by atoms with E-state index < -0.39 is 41.4 Å². The second kappa shape index (κ2) is 8.12. The van der Waals surface area contributed by atoms with E-state index in [4.69, 9.17) is 0 Å². The van der Waals surface area contributed by atoms with Crippen LogP contribution < -0.4 is 4.90 Å². The highest BCUT2D eigenvalue weighted by Gasteiger charge is 2.45. The number of benzene rings is 3. The van der Waals surface area contributed by atoms with Crippen LogP contribution in [-0.4, -0.2) is 22.2 Å². The lowest BCUT2D eigenvalue weighted by molar-refractivity contribution is -0.137. The van der Waals surface area contributed by atoms with Gasteiger partial charge >= 0.3 is 6.18 Å². The number of hydrogen-bond acceptors (Lipinski definition) is 3. The van der Waals surface area contributed by atoms with Gasteiger partial charge in [0.05, 0.1) is 11.6 Å². The minimum atomic E-state index is -4.55. The van der Waals surface area contributed by atoms with E-state index >= 15 is 0 Å². The number of carbonyl (C=O) groups excluding carboxylic acids is 1. The van der Waals surface area contributed by atoms with Gasteiger partial charge in [-0.15, -0.1) is 0 Å². The highest BCUT2D eigenvalue weighted by Crippen LogP contribution is 2.42. The summed E-state index contributed by atoms with van der Waals surface area (Å²) in [6.07, 6.45) is -5.88. The lowest BCUT2D eigenvalue weighted by Gasteiger charge is -2.31. The van der Waals surface area contributed by atoms with E-state index in [9.17, 15) is 32.6 Å². The van der Waals surface area contributed by atoms with Crippen LogP contribution in [0.4, 0.5) is 23.2 Å². The van der Waals surface area contributed by atoms with E-state index in [1.807, 2.05) is 0 Å². The number of halogens is 4. The van der Waals surface area contributed by atoms with Gasteiger partial charge in [-0.05, 0) is 47.5 Å². The lowest BCUT2D eigenvalue weighted by Crippen LogP contribution is -2.39. The number of carbonyl (C=O) groups is 1. The minimum absolute atomic E-state index is 0.0237. The number of rotatable bonds is 4. The predicted molar refractivity (Wildman–Crippen MR) is 110 cm³/mol. The second-order valence-electron chi connectivity index (χ2n) is 7.29. The molecular weight excluding hydrogens is 426 g/mol. The molecule has 1 heterocycles. The van der Waals surface area contributed by atoms with Crippen molar-refractivity contribution >= 4 is 17.2 Å². The standard InChI is InChI=1S/C24H17F4NO3/c25-17-10-12-18(13-11-17)29-20(21(30)15-4-2-1-3-5-15)19(22(31)23(29)32)14-6-8-16(9-7-14)24(26,27)28/h1-13,20-21,30-31H/t20?,21-/m1/s1. The predicted octanol–water partition coefficient (Wildman–Crippen LogP) is 5.26. The fraction of sp³-hybridized carbons (Fsp3) is 0.125. The van der Waals surface area contributed by atoms with Gasteiger partial charge in [0.15, 0.2) is 5.76 Å². The molecule has 3 aromatic carbocycles. The maximum Gasteiger partial charge on any atom is 0.416 e. The van der Waals surface area contributed by atoms with Crippen LogP contribution in [0.2, 0.25) is 0 Å². The molecule has 32 heavy (non-hydrogen) atoms. The second-order valence-corrected chi connectivity index (χ2v) is 7.29. The van der Waals surface area contributed by atoms with Crippen LogP contribution in [0.15, 0.2) is 84.6 Å². The number of alkyl halides is 3. The van der Waals surface area contributed by atoms with Gasteiger partial charge in [0.1, 0.15) is 11.9 Å². The molecule has 0 saturated carbocycles. The molecule has 2 atom stereocenters. The van der Waals surface area contributed by atoms with Crippen molar-refractivity contribution in [1.82, 2.24) is 0 Å². The van der Waals surface area contributed by atoms with Gasteiger partial charge in [0.2, 0.25) is 0 Å². The zero-order chi connectivity index (χ0) is 23.0. The highest BCUT2D eigenvalue weighted by atomic mass is 19.4. The number of aliphatic hydroxyl groups excluding tert-OH is 2. The SMILES string of the molecule is O=C1C(O)=C(c2ccc(C(F)(F)F)cc2)C([C@H](O)c2ccccc2)N1c1ccc(F)cc1. The van der Waals surface area contributed by atoms with Crippen molar-refractivity contribution in [2.75, 3.05) is 4.90 Å². The molecular formula is C24H17F4NO3. The molecule has 1 aliphatic heterocycles. The summed E-state index contributed by atoms with van der Waals surface area (Å²) < 4.78 is 52.4. The van der Waals surface area contributed by atoms with Crippen molar-refractivity contribution < 1.29 is 32.6 Å². The first kappa shape index (κ1) is 21.6. The maximum atomic E-state index is 13.4. The quantitative estimate of drug-likeness (QED) is 0.541. The minimum Gasteiger partial charge on any atom is -0.503 e. The van der Waals surface area contributed by atoms with Gasteiger partial charge in [-0.1, -0.05) is 42.5 Å². The van der Waals surface area contributed by atoms with E-state index in [1.165, 1.54) is 12.1 Å². The van der Waals surface area contributed by atoms with Crippen molar-refractivity contribution in [3.05, 3.63) is 107 Å². The van der Waals surface area contributed by atoms with Crippen LogP contribution in [0.5, 0.6) is 0 Å². The summed E-state index contributed by atoms with van der Waals surface area (Å²) in [4.78, 5) is 14.1. The van der Waals surface area contributed by atoms with E-state index in [1.54, 1.807) is 30.3 Å². The van der Waals surface area contributed by atoms with Crippen LogP contribution in [0.1, 0.15) is 22.8 Å². The summed E-state index contributed by atoms with van der Waals surface area (Å²) in [7, 11) is 0. The van der Waals surface area contributed by atoms with Crippen LogP contribution in [-0.2, 0) is 11.0 Å². The summed E-state index contributed by atoms with van der Waals surface area (Å²) in [6, 6.07) is 16.0. The molecule has 3 aromatic rings. The largest absolute Gasteiger partial charge is 0.503 e. The van der Waals surface area contributed by atoms with Crippen molar-refractivity contribution in [1.29, 1.82) is 0 Å². The van der Waals surface area contributed by atoms with Crippen LogP contribution in [0, 0.1) is 5.82 Å². The number of anilines is 1. The first-order chi connectivity index (χ1) is 15.2. The molecule has 0 saturated heterocycles. The Labute approximate surface area is 180 Å². The molecule has 0 aliphatic carbocycles. The van der Waals surface area contributed by atoms with Crippen molar-refractivity contribution in [2.45, 2.75) is 18.3 Å². The van der Waals surface area contributed by atoms with E-state index in [0.29, 0.717) is 5.56 Å². The molecule has 0 aromatic heterocycles. The van der Waals surface area contributed by atoms with Crippen LogP contribution in [0.3, 0.4) is 0 Å². The monoisotopic (exact) mass is 443 g/mol. The van der Waals surface area contributed by atoms with Gasteiger partial charge in [-0.25, -0.2) is 4.39 Å². The average Bonchev–Trinajstić information content (AvgIpc) is 3.04. The highest BCUT2D eigenvalue weighted by molar-refractivity contribution is 6.16. The van der Waals surface area contributed by atoms with Crippen molar-refractivity contribution in [3.63, 3.8) is 0 Å². The summed E-state index contributed by atoms with van der Waals surface area (Å²) in [5, 5.41) is 21.8. The molecule has 1 amide bonds. The third kappa shape index (κ3) is 3.85. The topological polar surface area (TPSA) is 60.8 Å². The molecule has 0 bridgehead atoms. The van der Waals surface area contributed by atoms with E-state index in [2.05, 4.69) is 0 Å². The Hall–Kier alpha value is -3.65. The molecule has 1 unspecified atom stereocenters. The van der Waals surface area contributed by atoms with Crippen LogP contribution in [0.25, 0.3) is 5.57 Å². The smallest absolute Gasteiger partial charge is 0.416 e. The molecule has 1 aliphatic rings. The van der Waals surface area contributed by atoms with E-state index in [0.717, 1.165) is 41.3 Å². The number of amides is 1. The molecule has 8 heteroatoms. The van der Waals surface area contributed by atoms with Gasteiger partial charge < -0.3 is 10.2 Å². The van der Waals surface area contributed by atoms with Crippen LogP contribution >= 0.6 is 0 Å². The van der Waals surface area contributed by atoms with Gasteiger partial charge in [0, 0.05) is 11.3 Å². The zero-order valence-electron chi connectivity index (χ0n) is 16.4. The Morgan fingerprint density at radius 3 is 2.03 bits per heavy atom. The summed E-state index contributed by atoms with van der Waals surface area (Å²) >= 11 is 0. The first-order valence-corrected chi connectivity index (χ1v) is 9.61. The maximum absolute atomic E-state index is 13.4. The Kier molecular flexibility index (Phi) is 5.48. The molecule has 164 valence electrons. The van der Waals surface area contributed by atoms with Gasteiger partial charge in [-0.2, -0.15) is 13.2 Å². The fourth-order valence-electron chi connectivity index (χ4n) is 3.78. The molecule has 0 spiro atoms. The lowest BCUT2D eigenvalue weighted by atomic mass is 9.91. The first-order valence-electron chi connectivity index (χ1n) is 9.61. The summed E-state index contributed by atoms with van der Waals surface area (Å²) in [6.45, 7) is 0.